The van der Waals surface area contributed by atoms with Crippen molar-refractivity contribution in [1.82, 2.24) is 10.2 Å². The van der Waals surface area contributed by atoms with Gasteiger partial charge in [-0.15, -0.1) is 23.7 Å². The van der Waals surface area contributed by atoms with Crippen molar-refractivity contribution in [3.63, 3.8) is 0 Å². The van der Waals surface area contributed by atoms with Crippen LogP contribution in [0, 0.1) is 5.92 Å². The molecule has 1 aromatic heterocycles. The van der Waals surface area contributed by atoms with Crippen molar-refractivity contribution in [3.05, 3.63) is 34.2 Å². The minimum absolute atomic E-state index is 0. The van der Waals surface area contributed by atoms with Crippen LogP contribution >= 0.6 is 35.3 Å². The molecular weight excluding hydrogens is 323 g/mol. The third-order valence-corrected chi connectivity index (χ3v) is 5.87. The Kier molecular flexibility index (Phi) is 6.33. The molecule has 0 radical (unpaired) electrons. The summed E-state index contributed by atoms with van der Waals surface area (Å²) < 4.78 is 1.30. The van der Waals surface area contributed by atoms with Crippen molar-refractivity contribution in [1.29, 1.82) is 0 Å². The van der Waals surface area contributed by atoms with E-state index in [9.17, 15) is 0 Å². The normalized spacial score (nSPS) is 17.0. The molecule has 1 fully saturated rings. The molecule has 2 aromatic rings. The zero-order valence-corrected chi connectivity index (χ0v) is 14.7. The van der Waals surface area contributed by atoms with Gasteiger partial charge in [0.05, 0.1) is 5.02 Å². The van der Waals surface area contributed by atoms with Gasteiger partial charge in [-0.2, -0.15) is 0 Å². The van der Waals surface area contributed by atoms with Crippen LogP contribution in [0.3, 0.4) is 0 Å². The Hall–Kier alpha value is -0.320. The van der Waals surface area contributed by atoms with Crippen molar-refractivity contribution < 1.29 is 0 Å². The van der Waals surface area contributed by atoms with Gasteiger partial charge in [0.2, 0.25) is 0 Å². The molecule has 1 aromatic carbocycles. The van der Waals surface area contributed by atoms with Gasteiger partial charge < -0.3 is 5.32 Å². The lowest BCUT2D eigenvalue weighted by Crippen LogP contribution is -2.36. The van der Waals surface area contributed by atoms with Crippen molar-refractivity contribution in [3.8, 4) is 0 Å². The van der Waals surface area contributed by atoms with Crippen LogP contribution in [0.15, 0.2) is 24.3 Å². The van der Waals surface area contributed by atoms with Crippen LogP contribution in [-0.2, 0) is 6.54 Å². The van der Waals surface area contributed by atoms with E-state index in [4.69, 9.17) is 11.6 Å². The third-order valence-electron chi connectivity index (χ3n) is 4.17. The molecule has 5 heteroatoms. The summed E-state index contributed by atoms with van der Waals surface area (Å²) in [5.74, 6) is 0.842. The van der Waals surface area contributed by atoms with Crippen LogP contribution in [0.5, 0.6) is 0 Å². The van der Waals surface area contributed by atoms with Crippen LogP contribution in [0.1, 0.15) is 17.7 Å². The maximum absolute atomic E-state index is 6.53. The number of halogens is 2. The van der Waals surface area contributed by atoms with E-state index >= 15 is 0 Å². The van der Waals surface area contributed by atoms with Gasteiger partial charge in [0, 0.05) is 21.5 Å². The lowest BCUT2D eigenvalue weighted by Gasteiger charge is -2.31. The first-order valence-corrected chi connectivity index (χ1v) is 8.50. The Labute approximate surface area is 141 Å². The van der Waals surface area contributed by atoms with Crippen molar-refractivity contribution >= 4 is 45.4 Å². The van der Waals surface area contributed by atoms with Crippen molar-refractivity contribution in [2.45, 2.75) is 19.4 Å². The van der Waals surface area contributed by atoms with Gasteiger partial charge in [-0.05, 0) is 51.5 Å². The summed E-state index contributed by atoms with van der Waals surface area (Å²) in [7, 11) is 2.04. The van der Waals surface area contributed by atoms with Crippen molar-refractivity contribution in [2.24, 2.45) is 5.92 Å². The van der Waals surface area contributed by atoms with Gasteiger partial charge in [0.25, 0.3) is 0 Å². The second-order valence-electron chi connectivity index (χ2n) is 5.61. The molecule has 0 spiro atoms. The number of benzene rings is 1. The second kappa shape index (κ2) is 7.80. The highest BCUT2D eigenvalue weighted by Crippen LogP contribution is 2.36. The molecule has 0 bridgehead atoms. The summed E-state index contributed by atoms with van der Waals surface area (Å²) in [5, 5.41) is 5.46. The standard InChI is InChI=1S/C16H21ClN2S.ClH/c1-18-10-12-6-8-19(9-7-12)11-15-16(17)13-4-2-3-5-14(13)20-15;/h2-5,12,18H,6-11H2,1H3;1H. The number of likely N-dealkylation sites (tertiary alicyclic amines) is 1. The van der Waals surface area contributed by atoms with Gasteiger partial charge in [-0.3, -0.25) is 4.90 Å². The minimum Gasteiger partial charge on any atom is -0.319 e. The predicted octanol–water partition coefficient (Wildman–Crippen LogP) is 4.41. The number of nitrogens with one attached hydrogen (secondary N) is 1. The molecule has 1 saturated heterocycles. The Bertz CT molecular complexity index is 577. The van der Waals surface area contributed by atoms with E-state index in [0.717, 1.165) is 24.0 Å². The number of hydrogen-bond acceptors (Lipinski definition) is 3. The molecule has 1 N–H and O–H groups in total. The largest absolute Gasteiger partial charge is 0.319 e. The summed E-state index contributed by atoms with van der Waals surface area (Å²) in [6.07, 6.45) is 2.59. The molecule has 2 nitrogen and oxygen atoms in total. The summed E-state index contributed by atoms with van der Waals surface area (Å²) in [5.41, 5.74) is 0. The molecule has 2 heterocycles. The summed E-state index contributed by atoms with van der Waals surface area (Å²) in [4.78, 5) is 3.86. The second-order valence-corrected chi connectivity index (χ2v) is 7.13. The predicted molar refractivity (Wildman–Crippen MR) is 96.0 cm³/mol. The number of nitrogens with zero attached hydrogens (tertiary/aromatic N) is 1. The van der Waals surface area contributed by atoms with Crippen LogP contribution in [-0.4, -0.2) is 31.6 Å². The minimum atomic E-state index is 0. The highest BCUT2D eigenvalue weighted by molar-refractivity contribution is 7.19. The van der Waals surface area contributed by atoms with Gasteiger partial charge in [0.15, 0.2) is 0 Å². The Balaban J connectivity index is 0.00000161. The van der Waals surface area contributed by atoms with E-state index in [1.54, 1.807) is 0 Å². The van der Waals surface area contributed by atoms with E-state index in [2.05, 4.69) is 34.5 Å². The van der Waals surface area contributed by atoms with Crippen LogP contribution in [0.25, 0.3) is 10.1 Å². The third kappa shape index (κ3) is 3.91. The molecular formula is C16H22Cl2N2S. The first kappa shape index (κ1) is 17.0. The van der Waals surface area contributed by atoms with E-state index in [0.29, 0.717) is 0 Å². The SMILES string of the molecule is CNCC1CCN(Cc2sc3ccccc3c2Cl)CC1.Cl. The average molecular weight is 345 g/mol. The highest BCUT2D eigenvalue weighted by atomic mass is 35.5. The molecule has 1 aliphatic rings. The Morgan fingerprint density at radius 1 is 1.29 bits per heavy atom. The topological polar surface area (TPSA) is 15.3 Å². The van der Waals surface area contributed by atoms with E-state index in [1.165, 1.54) is 40.9 Å². The van der Waals surface area contributed by atoms with Gasteiger partial charge in [-0.25, -0.2) is 0 Å². The average Bonchev–Trinajstić information content (AvgIpc) is 2.79. The van der Waals surface area contributed by atoms with E-state index < -0.39 is 0 Å². The molecule has 0 atom stereocenters. The molecule has 0 aliphatic carbocycles. The van der Waals surface area contributed by atoms with E-state index in [-0.39, 0.29) is 12.4 Å². The molecule has 21 heavy (non-hydrogen) atoms. The fourth-order valence-corrected chi connectivity index (χ4v) is 4.54. The zero-order chi connectivity index (χ0) is 13.9. The monoisotopic (exact) mass is 344 g/mol. The van der Waals surface area contributed by atoms with E-state index in [1.807, 2.05) is 18.4 Å². The number of fused-ring (bicyclic) bond motifs is 1. The summed E-state index contributed by atoms with van der Waals surface area (Å²) in [6, 6.07) is 8.43. The molecule has 0 amide bonds. The first-order chi connectivity index (χ1) is 9.78. The number of thiophene rings is 1. The Morgan fingerprint density at radius 3 is 2.67 bits per heavy atom. The highest BCUT2D eigenvalue weighted by Gasteiger charge is 2.20. The number of rotatable bonds is 4. The lowest BCUT2D eigenvalue weighted by molar-refractivity contribution is 0.178. The lowest BCUT2D eigenvalue weighted by atomic mass is 9.97. The number of piperidine rings is 1. The fraction of sp³-hybridized carbons (Fsp3) is 0.500. The smallest absolute Gasteiger partial charge is 0.0637 e. The quantitative estimate of drug-likeness (QED) is 0.883. The maximum atomic E-state index is 6.53. The molecule has 0 saturated carbocycles. The summed E-state index contributed by atoms with van der Waals surface area (Å²) >= 11 is 8.37. The molecule has 0 unspecified atom stereocenters. The molecule has 116 valence electrons. The Morgan fingerprint density at radius 2 is 2.00 bits per heavy atom. The fourth-order valence-electron chi connectivity index (χ4n) is 3.01. The first-order valence-electron chi connectivity index (χ1n) is 7.31. The van der Waals surface area contributed by atoms with Crippen LogP contribution < -0.4 is 5.32 Å². The van der Waals surface area contributed by atoms with Crippen LogP contribution in [0.2, 0.25) is 5.02 Å². The van der Waals surface area contributed by atoms with Gasteiger partial charge in [-0.1, -0.05) is 29.8 Å². The maximum Gasteiger partial charge on any atom is 0.0637 e. The van der Waals surface area contributed by atoms with Gasteiger partial charge >= 0.3 is 0 Å². The number of hydrogen-bond donors (Lipinski definition) is 1. The molecule has 3 rings (SSSR count). The van der Waals surface area contributed by atoms with Crippen molar-refractivity contribution in [2.75, 3.05) is 26.7 Å². The zero-order valence-electron chi connectivity index (χ0n) is 12.3. The molecule has 1 aliphatic heterocycles. The van der Waals surface area contributed by atoms with Crippen LogP contribution in [0.4, 0.5) is 0 Å². The van der Waals surface area contributed by atoms with Gasteiger partial charge in [0.1, 0.15) is 0 Å². The summed E-state index contributed by atoms with van der Waals surface area (Å²) in [6.45, 7) is 4.54.